The van der Waals surface area contributed by atoms with Crippen molar-refractivity contribution in [2.75, 3.05) is 5.73 Å². The van der Waals surface area contributed by atoms with Crippen molar-refractivity contribution in [1.82, 2.24) is 0 Å². The highest BCUT2D eigenvalue weighted by Gasteiger charge is 2.26. The fourth-order valence-corrected chi connectivity index (χ4v) is 3.06. The van der Waals surface area contributed by atoms with Gasteiger partial charge in [0.1, 0.15) is 0 Å². The number of carbonyl (C=O) groups is 1. The number of ketones is 1. The maximum absolute atomic E-state index is 12.8. The molecular formula is C18H19NO. The van der Waals surface area contributed by atoms with Crippen LogP contribution in [0.2, 0.25) is 0 Å². The van der Waals surface area contributed by atoms with Crippen molar-refractivity contribution in [2.24, 2.45) is 0 Å². The second kappa shape index (κ2) is 5.12. The molecule has 0 fully saturated rings. The molecule has 102 valence electrons. The van der Waals surface area contributed by atoms with Crippen LogP contribution in [0.15, 0.2) is 42.5 Å². The summed E-state index contributed by atoms with van der Waals surface area (Å²) in [5.74, 6) is 0.225. The van der Waals surface area contributed by atoms with Gasteiger partial charge in [-0.15, -0.1) is 0 Å². The fourth-order valence-electron chi connectivity index (χ4n) is 3.06. The average Bonchev–Trinajstić information content (AvgIpc) is 2.49. The van der Waals surface area contributed by atoms with E-state index in [4.69, 9.17) is 5.73 Å². The number of fused-ring (bicyclic) bond motifs is 1. The molecule has 1 atom stereocenters. The first-order valence-electron chi connectivity index (χ1n) is 7.15. The molecule has 1 unspecified atom stereocenters. The Morgan fingerprint density at radius 1 is 1.20 bits per heavy atom. The van der Waals surface area contributed by atoms with Crippen LogP contribution in [0.25, 0.3) is 0 Å². The Kier molecular flexibility index (Phi) is 3.31. The van der Waals surface area contributed by atoms with Gasteiger partial charge in [-0.05, 0) is 61.1 Å². The van der Waals surface area contributed by atoms with Crippen LogP contribution in [0.5, 0.6) is 0 Å². The van der Waals surface area contributed by atoms with Gasteiger partial charge in [0.25, 0.3) is 0 Å². The standard InChI is InChI=1S/C18H19NO/c1-12-11-14(9-10-17(12)19)18(20)16-8-4-6-13-5-2-3-7-15(13)16/h2-3,5,7,9-11,16H,4,6,8,19H2,1H3. The number of nitrogen functional groups attached to an aromatic ring is 1. The highest BCUT2D eigenvalue weighted by atomic mass is 16.1. The van der Waals surface area contributed by atoms with Crippen molar-refractivity contribution in [3.8, 4) is 0 Å². The molecule has 0 aliphatic heterocycles. The van der Waals surface area contributed by atoms with Crippen molar-refractivity contribution >= 4 is 11.5 Å². The monoisotopic (exact) mass is 265 g/mol. The second-order valence-corrected chi connectivity index (χ2v) is 5.58. The Bertz CT molecular complexity index is 660. The van der Waals surface area contributed by atoms with Gasteiger partial charge < -0.3 is 5.73 Å². The van der Waals surface area contributed by atoms with E-state index >= 15 is 0 Å². The summed E-state index contributed by atoms with van der Waals surface area (Å²) in [5.41, 5.74) is 10.9. The molecular weight excluding hydrogens is 246 g/mol. The normalized spacial score (nSPS) is 17.6. The largest absolute Gasteiger partial charge is 0.399 e. The third-order valence-corrected chi connectivity index (χ3v) is 4.24. The summed E-state index contributed by atoms with van der Waals surface area (Å²) in [6, 6.07) is 13.9. The number of anilines is 1. The van der Waals surface area contributed by atoms with Crippen molar-refractivity contribution in [1.29, 1.82) is 0 Å². The number of rotatable bonds is 2. The molecule has 0 heterocycles. The summed E-state index contributed by atoms with van der Waals surface area (Å²) < 4.78 is 0. The molecule has 20 heavy (non-hydrogen) atoms. The summed E-state index contributed by atoms with van der Waals surface area (Å²) in [4.78, 5) is 12.8. The molecule has 2 nitrogen and oxygen atoms in total. The summed E-state index contributed by atoms with van der Waals surface area (Å²) in [5, 5.41) is 0. The first-order valence-corrected chi connectivity index (χ1v) is 7.15. The highest BCUT2D eigenvalue weighted by Crippen LogP contribution is 2.34. The van der Waals surface area contributed by atoms with Gasteiger partial charge in [-0.2, -0.15) is 0 Å². The quantitative estimate of drug-likeness (QED) is 0.661. The third kappa shape index (κ3) is 2.22. The lowest BCUT2D eigenvalue weighted by Gasteiger charge is -2.24. The first-order chi connectivity index (χ1) is 9.66. The molecule has 0 saturated heterocycles. The highest BCUT2D eigenvalue weighted by molar-refractivity contribution is 6.01. The maximum atomic E-state index is 12.8. The molecule has 2 aromatic carbocycles. The molecule has 0 radical (unpaired) electrons. The minimum Gasteiger partial charge on any atom is -0.399 e. The Morgan fingerprint density at radius 2 is 2.00 bits per heavy atom. The van der Waals surface area contributed by atoms with Crippen molar-refractivity contribution in [2.45, 2.75) is 32.1 Å². The lowest BCUT2D eigenvalue weighted by molar-refractivity contribution is 0.0951. The third-order valence-electron chi connectivity index (χ3n) is 4.24. The van der Waals surface area contributed by atoms with Gasteiger partial charge in [-0.3, -0.25) is 4.79 Å². The molecule has 0 amide bonds. The molecule has 3 rings (SSSR count). The van der Waals surface area contributed by atoms with E-state index in [9.17, 15) is 4.79 Å². The average molecular weight is 265 g/mol. The topological polar surface area (TPSA) is 43.1 Å². The molecule has 2 aromatic rings. The van der Waals surface area contributed by atoms with Crippen LogP contribution < -0.4 is 5.73 Å². The van der Waals surface area contributed by atoms with Gasteiger partial charge in [-0.25, -0.2) is 0 Å². The zero-order valence-electron chi connectivity index (χ0n) is 11.7. The summed E-state index contributed by atoms with van der Waals surface area (Å²) in [6.45, 7) is 1.95. The van der Waals surface area contributed by atoms with Gasteiger partial charge in [-0.1, -0.05) is 24.3 Å². The Labute approximate surface area is 119 Å². The van der Waals surface area contributed by atoms with Crippen molar-refractivity contribution in [3.63, 3.8) is 0 Å². The van der Waals surface area contributed by atoms with Crippen LogP contribution in [-0.4, -0.2) is 5.78 Å². The number of hydrogen-bond acceptors (Lipinski definition) is 2. The number of benzene rings is 2. The van der Waals surface area contributed by atoms with Gasteiger partial charge in [0.05, 0.1) is 0 Å². The van der Waals surface area contributed by atoms with Gasteiger partial charge in [0.2, 0.25) is 0 Å². The maximum Gasteiger partial charge on any atom is 0.170 e. The Hall–Kier alpha value is -2.09. The SMILES string of the molecule is Cc1cc(C(=O)C2CCCc3ccccc32)ccc1N. The molecule has 2 heteroatoms. The Balaban J connectivity index is 1.97. The van der Waals surface area contributed by atoms with Crippen LogP contribution in [0.3, 0.4) is 0 Å². The summed E-state index contributed by atoms with van der Waals surface area (Å²) in [7, 11) is 0. The first kappa shape index (κ1) is 12.9. The smallest absolute Gasteiger partial charge is 0.170 e. The lowest BCUT2D eigenvalue weighted by Crippen LogP contribution is -2.18. The molecule has 0 saturated carbocycles. The van der Waals surface area contributed by atoms with Crippen LogP contribution in [0, 0.1) is 6.92 Å². The zero-order valence-corrected chi connectivity index (χ0v) is 11.7. The lowest BCUT2D eigenvalue weighted by atomic mass is 9.79. The second-order valence-electron chi connectivity index (χ2n) is 5.58. The molecule has 0 bridgehead atoms. The predicted molar refractivity (Wildman–Crippen MR) is 82.0 cm³/mol. The molecule has 1 aliphatic rings. The molecule has 0 aromatic heterocycles. The van der Waals surface area contributed by atoms with Crippen molar-refractivity contribution < 1.29 is 4.79 Å². The minimum absolute atomic E-state index is 0.00275. The Morgan fingerprint density at radius 3 is 2.80 bits per heavy atom. The van der Waals surface area contributed by atoms with Crippen LogP contribution >= 0.6 is 0 Å². The van der Waals surface area contributed by atoms with E-state index in [1.54, 1.807) is 0 Å². The van der Waals surface area contributed by atoms with Crippen LogP contribution in [0.4, 0.5) is 5.69 Å². The molecule has 0 spiro atoms. The van der Waals surface area contributed by atoms with Gasteiger partial charge in [0.15, 0.2) is 5.78 Å². The van der Waals surface area contributed by atoms with Gasteiger partial charge >= 0.3 is 0 Å². The number of hydrogen-bond donors (Lipinski definition) is 1. The number of aryl methyl sites for hydroxylation is 2. The van der Waals surface area contributed by atoms with E-state index < -0.39 is 0 Å². The van der Waals surface area contributed by atoms with E-state index in [-0.39, 0.29) is 11.7 Å². The number of nitrogens with two attached hydrogens (primary N) is 1. The summed E-state index contributed by atoms with van der Waals surface area (Å²) >= 11 is 0. The van der Waals surface area contributed by atoms with E-state index in [1.165, 1.54) is 11.1 Å². The number of Topliss-reactive ketones (excluding diaryl/α,β-unsaturated/α-hetero) is 1. The molecule has 2 N–H and O–H groups in total. The predicted octanol–water partition coefficient (Wildman–Crippen LogP) is 3.88. The fraction of sp³-hybridized carbons (Fsp3) is 0.278. The van der Waals surface area contributed by atoms with Gasteiger partial charge in [0, 0.05) is 17.2 Å². The van der Waals surface area contributed by atoms with Crippen LogP contribution in [0.1, 0.15) is 45.8 Å². The number of carbonyl (C=O) groups excluding carboxylic acids is 1. The van der Waals surface area contributed by atoms with E-state index in [0.29, 0.717) is 0 Å². The van der Waals surface area contributed by atoms with Crippen molar-refractivity contribution in [3.05, 3.63) is 64.7 Å². The minimum atomic E-state index is 0.00275. The molecule has 1 aliphatic carbocycles. The van der Waals surface area contributed by atoms with Crippen LogP contribution in [-0.2, 0) is 6.42 Å². The van der Waals surface area contributed by atoms with E-state index in [0.717, 1.165) is 36.1 Å². The van der Waals surface area contributed by atoms with E-state index in [1.807, 2.05) is 31.2 Å². The zero-order chi connectivity index (χ0) is 14.1. The van der Waals surface area contributed by atoms with E-state index in [2.05, 4.69) is 18.2 Å². The summed E-state index contributed by atoms with van der Waals surface area (Å²) in [6.07, 6.45) is 3.11.